The minimum Gasteiger partial charge on any atom is -0.396 e. The highest BCUT2D eigenvalue weighted by Crippen LogP contribution is 2.48. The fourth-order valence-corrected chi connectivity index (χ4v) is 4.54. The van der Waals surface area contributed by atoms with E-state index in [4.69, 9.17) is 0 Å². The van der Waals surface area contributed by atoms with Crippen molar-refractivity contribution in [3.05, 3.63) is 23.9 Å². The van der Waals surface area contributed by atoms with Gasteiger partial charge in [0.05, 0.1) is 0 Å². The molecule has 2 fully saturated rings. The molecule has 138 valence electrons. The number of aliphatic hydroxyl groups excluding tert-OH is 1. The smallest absolute Gasteiger partial charge is 0.315 e. The summed E-state index contributed by atoms with van der Waals surface area (Å²) in [7, 11) is 0. The van der Waals surface area contributed by atoms with Crippen LogP contribution < -0.4 is 15.5 Å². The van der Waals surface area contributed by atoms with Gasteiger partial charge < -0.3 is 20.6 Å². The third kappa shape index (κ3) is 3.89. The molecule has 0 aromatic carbocycles. The lowest BCUT2D eigenvalue weighted by atomic mass is 9.85. The molecule has 2 bridgehead atoms. The summed E-state index contributed by atoms with van der Waals surface area (Å²) in [5.41, 5.74) is 0.984. The maximum Gasteiger partial charge on any atom is 0.315 e. The number of pyridine rings is 1. The second-order valence-electron chi connectivity index (χ2n) is 7.23. The molecular weight excluding hydrogens is 316 g/mol. The molecule has 3 rings (SSSR count). The Morgan fingerprint density at radius 2 is 2.04 bits per heavy atom. The molecule has 1 aromatic rings. The van der Waals surface area contributed by atoms with Crippen LogP contribution in [0.2, 0.25) is 0 Å². The summed E-state index contributed by atoms with van der Waals surface area (Å²) in [5.74, 6) is 2.30. The van der Waals surface area contributed by atoms with E-state index >= 15 is 0 Å². The van der Waals surface area contributed by atoms with E-state index in [1.54, 1.807) is 0 Å². The first kappa shape index (κ1) is 18.0. The molecule has 6 heteroatoms. The van der Waals surface area contributed by atoms with Gasteiger partial charge in [-0.1, -0.05) is 6.07 Å². The van der Waals surface area contributed by atoms with Gasteiger partial charge in [0.15, 0.2) is 0 Å². The number of carbonyl (C=O) groups is 1. The summed E-state index contributed by atoms with van der Waals surface area (Å²) in [6.07, 6.45) is 5.33. The van der Waals surface area contributed by atoms with Gasteiger partial charge in [-0.05, 0) is 56.6 Å². The van der Waals surface area contributed by atoms with Gasteiger partial charge in [0.2, 0.25) is 0 Å². The lowest BCUT2D eigenvalue weighted by Gasteiger charge is -2.30. The van der Waals surface area contributed by atoms with Gasteiger partial charge in [-0.15, -0.1) is 0 Å². The zero-order valence-electron chi connectivity index (χ0n) is 15.2. The molecule has 1 heterocycles. The average Bonchev–Trinajstić information content (AvgIpc) is 3.23. The van der Waals surface area contributed by atoms with Gasteiger partial charge >= 0.3 is 6.03 Å². The second-order valence-corrected chi connectivity index (χ2v) is 7.23. The molecule has 0 aliphatic heterocycles. The molecule has 2 aliphatic rings. The van der Waals surface area contributed by atoms with Crippen molar-refractivity contribution in [1.82, 2.24) is 15.6 Å². The van der Waals surface area contributed by atoms with Crippen LogP contribution in [0, 0.1) is 17.8 Å². The number of hydrogen-bond acceptors (Lipinski definition) is 4. The van der Waals surface area contributed by atoms with E-state index in [-0.39, 0.29) is 24.6 Å². The van der Waals surface area contributed by atoms with Gasteiger partial charge in [-0.2, -0.15) is 0 Å². The van der Waals surface area contributed by atoms with Gasteiger partial charge in [0, 0.05) is 44.4 Å². The first-order valence-corrected chi connectivity index (χ1v) is 9.51. The fraction of sp³-hybridized carbons (Fsp3) is 0.684. The molecule has 0 spiro atoms. The number of aromatic nitrogens is 1. The van der Waals surface area contributed by atoms with Gasteiger partial charge in [0.1, 0.15) is 5.82 Å². The molecule has 0 saturated heterocycles. The van der Waals surface area contributed by atoms with Crippen molar-refractivity contribution >= 4 is 11.8 Å². The largest absolute Gasteiger partial charge is 0.396 e. The molecule has 4 unspecified atom stereocenters. The number of anilines is 1. The van der Waals surface area contributed by atoms with E-state index in [9.17, 15) is 9.90 Å². The molecule has 4 atom stereocenters. The second kappa shape index (κ2) is 8.04. The Morgan fingerprint density at radius 1 is 1.28 bits per heavy atom. The van der Waals surface area contributed by atoms with Crippen molar-refractivity contribution in [2.75, 3.05) is 24.6 Å². The summed E-state index contributed by atoms with van der Waals surface area (Å²) in [6.45, 7) is 6.71. The molecule has 0 radical (unpaired) electrons. The first-order valence-electron chi connectivity index (χ1n) is 9.51. The maximum atomic E-state index is 12.2. The number of nitrogens with one attached hydrogen (secondary N) is 2. The number of nitrogens with zero attached hydrogens (tertiary/aromatic N) is 2. The van der Waals surface area contributed by atoms with Crippen LogP contribution in [0.5, 0.6) is 0 Å². The van der Waals surface area contributed by atoms with Crippen LogP contribution in [0.4, 0.5) is 10.6 Å². The van der Waals surface area contributed by atoms with Crippen molar-refractivity contribution in [2.45, 2.75) is 45.7 Å². The predicted molar refractivity (Wildman–Crippen MR) is 98.4 cm³/mol. The summed E-state index contributed by atoms with van der Waals surface area (Å²) in [6, 6.07) is 3.98. The lowest BCUT2D eigenvalue weighted by molar-refractivity contribution is 0.144. The van der Waals surface area contributed by atoms with E-state index in [1.807, 2.05) is 18.3 Å². The highest BCUT2D eigenvalue weighted by molar-refractivity contribution is 5.74. The first-order chi connectivity index (χ1) is 12.2. The molecule has 2 saturated carbocycles. The number of fused-ring (bicyclic) bond motifs is 2. The van der Waals surface area contributed by atoms with Crippen LogP contribution in [-0.4, -0.2) is 41.9 Å². The number of urea groups is 1. The molecule has 2 aliphatic carbocycles. The Balaban J connectivity index is 1.49. The van der Waals surface area contributed by atoms with Crippen molar-refractivity contribution in [3.63, 3.8) is 0 Å². The third-order valence-electron chi connectivity index (χ3n) is 5.95. The van der Waals surface area contributed by atoms with E-state index in [2.05, 4.69) is 34.4 Å². The molecule has 1 aromatic heterocycles. The quantitative estimate of drug-likeness (QED) is 0.707. The molecule has 2 amide bonds. The molecule has 25 heavy (non-hydrogen) atoms. The summed E-state index contributed by atoms with van der Waals surface area (Å²) in [5, 5.41) is 15.6. The fourth-order valence-electron chi connectivity index (χ4n) is 4.54. The minimum atomic E-state index is -0.149. The Labute approximate surface area is 150 Å². The Bertz CT molecular complexity index is 573. The van der Waals surface area contributed by atoms with Crippen LogP contribution in [-0.2, 0) is 6.54 Å². The van der Waals surface area contributed by atoms with Gasteiger partial charge in [0.25, 0.3) is 0 Å². The van der Waals surface area contributed by atoms with Crippen LogP contribution in [0.3, 0.4) is 0 Å². The Hall–Kier alpha value is -1.82. The molecule has 3 N–H and O–H groups in total. The standard InChI is InChI=1S/C19H30N4O2/c1-3-23(4-2)17-8-5-13(10-20-17)11-21-19(25)22-18-15-7-6-14(9-15)16(18)12-24/h5,8,10,14-16,18,24H,3-4,6-7,9,11-12H2,1-2H3,(H2,21,22,25). The number of aliphatic hydroxyl groups is 1. The van der Waals surface area contributed by atoms with Crippen LogP contribution in [0.1, 0.15) is 38.7 Å². The lowest BCUT2D eigenvalue weighted by Crippen LogP contribution is -2.48. The number of amides is 2. The number of carbonyl (C=O) groups excluding carboxylic acids is 1. The SMILES string of the molecule is CCN(CC)c1ccc(CNC(=O)NC2C3CCC(C3)C2CO)cn1. The zero-order valence-corrected chi connectivity index (χ0v) is 15.2. The van der Waals surface area contributed by atoms with Crippen LogP contribution >= 0.6 is 0 Å². The summed E-state index contributed by atoms with van der Waals surface area (Å²) in [4.78, 5) is 18.9. The van der Waals surface area contributed by atoms with Crippen molar-refractivity contribution in [3.8, 4) is 0 Å². The highest BCUT2D eigenvalue weighted by Gasteiger charge is 2.47. The number of hydrogen-bond donors (Lipinski definition) is 3. The van der Waals surface area contributed by atoms with E-state index in [1.165, 1.54) is 12.8 Å². The molecule has 6 nitrogen and oxygen atoms in total. The van der Waals surface area contributed by atoms with E-state index in [0.717, 1.165) is 30.9 Å². The Morgan fingerprint density at radius 3 is 2.68 bits per heavy atom. The Kier molecular flexibility index (Phi) is 5.78. The van der Waals surface area contributed by atoms with E-state index in [0.29, 0.717) is 18.4 Å². The zero-order chi connectivity index (χ0) is 17.8. The summed E-state index contributed by atoms with van der Waals surface area (Å²) < 4.78 is 0. The van der Waals surface area contributed by atoms with Crippen molar-refractivity contribution < 1.29 is 9.90 Å². The summed E-state index contributed by atoms with van der Waals surface area (Å²) >= 11 is 0. The van der Waals surface area contributed by atoms with Crippen molar-refractivity contribution in [1.29, 1.82) is 0 Å². The third-order valence-corrected chi connectivity index (χ3v) is 5.95. The predicted octanol–water partition coefficient (Wildman–Crippen LogP) is 2.13. The van der Waals surface area contributed by atoms with Crippen LogP contribution in [0.15, 0.2) is 18.3 Å². The normalized spacial score (nSPS) is 27.3. The minimum absolute atomic E-state index is 0.118. The highest BCUT2D eigenvalue weighted by atomic mass is 16.3. The van der Waals surface area contributed by atoms with Gasteiger partial charge in [-0.3, -0.25) is 0 Å². The van der Waals surface area contributed by atoms with Crippen LogP contribution in [0.25, 0.3) is 0 Å². The molecular formula is C19H30N4O2. The number of rotatable bonds is 7. The van der Waals surface area contributed by atoms with E-state index < -0.39 is 0 Å². The van der Waals surface area contributed by atoms with Gasteiger partial charge in [-0.25, -0.2) is 9.78 Å². The topological polar surface area (TPSA) is 77.5 Å². The average molecular weight is 346 g/mol. The van der Waals surface area contributed by atoms with Crippen molar-refractivity contribution in [2.24, 2.45) is 17.8 Å². The monoisotopic (exact) mass is 346 g/mol. The maximum absolute atomic E-state index is 12.2.